The first-order chi connectivity index (χ1) is 11.4. The third kappa shape index (κ3) is 3.32. The van der Waals surface area contributed by atoms with E-state index < -0.39 is 0 Å². The number of methoxy groups -OCH3 is 1. The SMILES string of the molecule is COCC(C)(C)N1CCN(C(=O)C2CCc3nnn(C)c3C2)CC1. The summed E-state index contributed by atoms with van der Waals surface area (Å²) in [5.41, 5.74) is 2.21. The zero-order chi connectivity index (χ0) is 17.3. The Morgan fingerprint density at radius 3 is 2.67 bits per heavy atom. The van der Waals surface area contributed by atoms with Gasteiger partial charge >= 0.3 is 0 Å². The van der Waals surface area contributed by atoms with Crippen molar-refractivity contribution < 1.29 is 9.53 Å². The Bertz CT molecular complexity index is 590. The summed E-state index contributed by atoms with van der Waals surface area (Å²) < 4.78 is 7.15. The van der Waals surface area contributed by atoms with Crippen molar-refractivity contribution in [3.63, 3.8) is 0 Å². The lowest BCUT2D eigenvalue weighted by molar-refractivity contribution is -0.139. The molecule has 1 aromatic heterocycles. The molecule has 0 radical (unpaired) electrons. The van der Waals surface area contributed by atoms with E-state index in [2.05, 4.69) is 29.1 Å². The summed E-state index contributed by atoms with van der Waals surface area (Å²) in [5, 5.41) is 8.27. The second-order valence-corrected chi connectivity index (χ2v) is 7.60. The van der Waals surface area contributed by atoms with Gasteiger partial charge in [-0.3, -0.25) is 14.4 Å². The Hall–Kier alpha value is -1.47. The molecule has 1 aromatic rings. The molecule has 24 heavy (non-hydrogen) atoms. The van der Waals surface area contributed by atoms with E-state index in [1.807, 2.05) is 16.6 Å². The number of aromatic nitrogens is 3. The van der Waals surface area contributed by atoms with Gasteiger partial charge in [0, 0.05) is 58.2 Å². The third-order valence-electron chi connectivity index (χ3n) is 5.49. The average Bonchev–Trinajstić information content (AvgIpc) is 2.95. The van der Waals surface area contributed by atoms with Gasteiger partial charge in [-0.05, 0) is 26.7 Å². The van der Waals surface area contributed by atoms with Crippen molar-refractivity contribution in [1.29, 1.82) is 0 Å². The Labute approximate surface area is 143 Å². The molecule has 7 nitrogen and oxygen atoms in total. The molecule has 2 heterocycles. The minimum absolute atomic E-state index is 0.0179. The largest absolute Gasteiger partial charge is 0.383 e. The highest BCUT2D eigenvalue weighted by atomic mass is 16.5. The van der Waals surface area contributed by atoms with Gasteiger partial charge < -0.3 is 9.64 Å². The first kappa shape index (κ1) is 17.4. The minimum Gasteiger partial charge on any atom is -0.383 e. The smallest absolute Gasteiger partial charge is 0.226 e. The van der Waals surface area contributed by atoms with Crippen LogP contribution in [-0.4, -0.2) is 76.1 Å². The quantitative estimate of drug-likeness (QED) is 0.801. The number of carbonyl (C=O) groups excluding carboxylic acids is 1. The van der Waals surface area contributed by atoms with Gasteiger partial charge in [-0.15, -0.1) is 5.10 Å². The molecule has 1 fully saturated rings. The number of hydrogen-bond donors (Lipinski definition) is 0. The number of rotatable bonds is 4. The molecule has 1 aliphatic heterocycles. The van der Waals surface area contributed by atoms with Crippen molar-refractivity contribution in [3.05, 3.63) is 11.4 Å². The number of nitrogens with zero attached hydrogens (tertiary/aromatic N) is 5. The van der Waals surface area contributed by atoms with Gasteiger partial charge in [-0.2, -0.15) is 0 Å². The number of piperazine rings is 1. The normalized spacial score (nSPS) is 22.5. The average molecular weight is 335 g/mol. The van der Waals surface area contributed by atoms with E-state index in [0.29, 0.717) is 12.5 Å². The summed E-state index contributed by atoms with van der Waals surface area (Å²) in [6.45, 7) is 8.54. The van der Waals surface area contributed by atoms with Crippen molar-refractivity contribution in [3.8, 4) is 0 Å². The Kier molecular flexibility index (Phi) is 4.92. The van der Waals surface area contributed by atoms with E-state index in [9.17, 15) is 4.79 Å². The van der Waals surface area contributed by atoms with Crippen LogP contribution >= 0.6 is 0 Å². The van der Waals surface area contributed by atoms with Crippen LogP contribution in [0.4, 0.5) is 0 Å². The number of aryl methyl sites for hydroxylation is 2. The van der Waals surface area contributed by atoms with Crippen molar-refractivity contribution in [2.75, 3.05) is 39.9 Å². The first-order valence-electron chi connectivity index (χ1n) is 8.82. The van der Waals surface area contributed by atoms with Crippen LogP contribution in [-0.2, 0) is 29.4 Å². The molecule has 1 atom stereocenters. The summed E-state index contributed by atoms with van der Waals surface area (Å²) in [6.07, 6.45) is 2.52. The summed E-state index contributed by atoms with van der Waals surface area (Å²) >= 11 is 0. The zero-order valence-electron chi connectivity index (χ0n) is 15.3. The highest BCUT2D eigenvalue weighted by Crippen LogP contribution is 2.26. The molecule has 134 valence electrons. The van der Waals surface area contributed by atoms with Crippen LogP contribution in [0.5, 0.6) is 0 Å². The van der Waals surface area contributed by atoms with E-state index in [4.69, 9.17) is 4.74 Å². The molecular weight excluding hydrogens is 306 g/mol. The van der Waals surface area contributed by atoms with Gasteiger partial charge in [0.25, 0.3) is 0 Å². The molecule has 1 saturated heterocycles. The molecule has 2 aliphatic rings. The van der Waals surface area contributed by atoms with Crippen LogP contribution in [0.1, 0.15) is 31.7 Å². The lowest BCUT2D eigenvalue weighted by atomic mass is 9.88. The Morgan fingerprint density at radius 1 is 1.29 bits per heavy atom. The second-order valence-electron chi connectivity index (χ2n) is 7.60. The van der Waals surface area contributed by atoms with Gasteiger partial charge in [0.1, 0.15) is 0 Å². The fraction of sp³-hybridized carbons (Fsp3) is 0.824. The predicted octanol–water partition coefficient (Wildman–Crippen LogP) is 0.489. The molecule has 0 saturated carbocycles. The van der Waals surface area contributed by atoms with Gasteiger partial charge in [-0.25, -0.2) is 0 Å². The molecule has 0 N–H and O–H groups in total. The van der Waals surface area contributed by atoms with Crippen molar-refractivity contribution in [2.45, 2.75) is 38.6 Å². The summed E-state index contributed by atoms with van der Waals surface area (Å²) in [6, 6.07) is 0. The van der Waals surface area contributed by atoms with E-state index in [1.165, 1.54) is 0 Å². The van der Waals surface area contributed by atoms with Crippen LogP contribution in [0.15, 0.2) is 0 Å². The number of amides is 1. The molecular formula is C17H29N5O2. The van der Waals surface area contributed by atoms with Crippen molar-refractivity contribution >= 4 is 5.91 Å². The highest BCUT2D eigenvalue weighted by Gasteiger charge is 2.35. The van der Waals surface area contributed by atoms with Gasteiger partial charge in [0.15, 0.2) is 0 Å². The topological polar surface area (TPSA) is 63.5 Å². The standard InChI is InChI=1S/C17H29N5O2/c1-17(2,12-24-4)22-9-7-21(8-10-22)16(23)13-5-6-14-15(11-13)20(3)19-18-14/h13H,5-12H2,1-4H3. The number of carbonyl (C=O) groups is 1. The van der Waals surface area contributed by atoms with Crippen LogP contribution in [0.2, 0.25) is 0 Å². The third-order valence-corrected chi connectivity index (χ3v) is 5.49. The molecule has 0 spiro atoms. The van der Waals surface area contributed by atoms with E-state index in [-0.39, 0.29) is 11.5 Å². The fourth-order valence-corrected chi connectivity index (χ4v) is 3.96. The minimum atomic E-state index is 0.0179. The van der Waals surface area contributed by atoms with E-state index in [0.717, 1.165) is 56.8 Å². The van der Waals surface area contributed by atoms with Crippen molar-refractivity contribution in [2.24, 2.45) is 13.0 Å². The molecule has 1 aliphatic carbocycles. The summed E-state index contributed by atoms with van der Waals surface area (Å²) in [4.78, 5) is 17.4. The Morgan fingerprint density at radius 2 is 2.00 bits per heavy atom. The molecule has 0 aromatic carbocycles. The first-order valence-corrected chi connectivity index (χ1v) is 8.82. The second kappa shape index (κ2) is 6.80. The van der Waals surface area contributed by atoms with Crippen molar-refractivity contribution in [1.82, 2.24) is 24.8 Å². The van der Waals surface area contributed by atoms with Gasteiger partial charge in [0.05, 0.1) is 18.0 Å². The summed E-state index contributed by atoms with van der Waals surface area (Å²) in [7, 11) is 3.65. The van der Waals surface area contributed by atoms with Crippen LogP contribution in [0.25, 0.3) is 0 Å². The molecule has 1 unspecified atom stereocenters. The monoisotopic (exact) mass is 335 g/mol. The number of fused-ring (bicyclic) bond motifs is 1. The molecule has 0 bridgehead atoms. The van der Waals surface area contributed by atoms with E-state index in [1.54, 1.807) is 7.11 Å². The molecule has 3 rings (SSSR count). The lowest BCUT2D eigenvalue weighted by Crippen LogP contribution is -2.58. The van der Waals surface area contributed by atoms with Gasteiger partial charge in [-0.1, -0.05) is 5.21 Å². The predicted molar refractivity (Wildman–Crippen MR) is 90.6 cm³/mol. The fourth-order valence-electron chi connectivity index (χ4n) is 3.96. The molecule has 1 amide bonds. The van der Waals surface area contributed by atoms with Crippen LogP contribution in [0, 0.1) is 5.92 Å². The van der Waals surface area contributed by atoms with Crippen LogP contribution in [0.3, 0.4) is 0 Å². The van der Waals surface area contributed by atoms with E-state index >= 15 is 0 Å². The Balaban J connectivity index is 1.57. The number of ether oxygens (including phenoxy) is 1. The zero-order valence-corrected chi connectivity index (χ0v) is 15.3. The van der Waals surface area contributed by atoms with Crippen LogP contribution < -0.4 is 0 Å². The maximum absolute atomic E-state index is 12.9. The summed E-state index contributed by atoms with van der Waals surface area (Å²) in [5.74, 6) is 0.374. The maximum atomic E-state index is 12.9. The number of hydrogen-bond acceptors (Lipinski definition) is 5. The molecule has 7 heteroatoms. The lowest BCUT2D eigenvalue weighted by Gasteiger charge is -2.44. The highest BCUT2D eigenvalue weighted by molar-refractivity contribution is 5.79. The maximum Gasteiger partial charge on any atom is 0.226 e. The van der Waals surface area contributed by atoms with Gasteiger partial charge in [0.2, 0.25) is 5.91 Å².